The Morgan fingerprint density at radius 3 is 2.56 bits per heavy atom. The van der Waals surface area contributed by atoms with Crippen LogP contribution in [0.15, 0.2) is 124 Å². The van der Waals surface area contributed by atoms with Crippen molar-refractivity contribution in [2.24, 2.45) is 10.9 Å². The molecule has 7 unspecified atom stereocenters. The Morgan fingerprint density at radius 1 is 0.933 bits per heavy atom. The SMILES string of the molecule is CCC(C1=NC2(C)c3ccccc3SC2C(C)(C2C=CC=CC2)N1)c1ccccc1-c1c(C)ccc2c1SC1(C)C=CC=CC21. The van der Waals surface area contributed by atoms with Gasteiger partial charge in [-0.05, 0) is 80.0 Å². The van der Waals surface area contributed by atoms with Crippen LogP contribution in [0.25, 0.3) is 11.1 Å². The summed E-state index contributed by atoms with van der Waals surface area (Å²) in [4.78, 5) is 8.59. The van der Waals surface area contributed by atoms with Crippen molar-refractivity contribution >= 4 is 29.4 Å². The van der Waals surface area contributed by atoms with Crippen molar-refractivity contribution in [3.8, 4) is 11.1 Å². The molecule has 7 atom stereocenters. The summed E-state index contributed by atoms with van der Waals surface area (Å²) in [7, 11) is 0. The average Bonchev–Trinajstić information content (AvgIpc) is 3.53. The van der Waals surface area contributed by atoms with Gasteiger partial charge in [-0.1, -0.05) is 110 Å². The highest BCUT2D eigenvalue weighted by atomic mass is 32.2. The molecular weight excluding hydrogens is 585 g/mol. The molecule has 2 nitrogen and oxygen atoms in total. The molecule has 5 aliphatic rings. The van der Waals surface area contributed by atoms with Gasteiger partial charge >= 0.3 is 0 Å². The number of benzene rings is 3. The smallest absolute Gasteiger partial charge is 0.105 e. The fourth-order valence-electron chi connectivity index (χ4n) is 8.72. The molecule has 45 heavy (non-hydrogen) atoms. The van der Waals surface area contributed by atoms with E-state index in [1.165, 1.54) is 43.2 Å². The van der Waals surface area contributed by atoms with Gasteiger partial charge in [0.1, 0.15) is 11.4 Å². The molecule has 0 saturated heterocycles. The number of thioether (sulfide) groups is 2. The van der Waals surface area contributed by atoms with Crippen LogP contribution in [0, 0.1) is 12.8 Å². The first kappa shape index (κ1) is 29.2. The number of amidine groups is 1. The number of nitrogens with one attached hydrogen (secondary N) is 1. The summed E-state index contributed by atoms with van der Waals surface area (Å²) in [6, 6.07) is 22.9. The van der Waals surface area contributed by atoms with E-state index in [0.717, 1.165) is 18.7 Å². The Bertz CT molecular complexity index is 1850. The average molecular weight is 627 g/mol. The van der Waals surface area contributed by atoms with Gasteiger partial charge in [-0.15, -0.1) is 23.5 Å². The standard InChI is InChI=1S/C41H42N2S2/c1-6-28(29-18-10-11-19-30(29)35-26(2)23-24-31-32-20-14-15-25-39(32,3)45-36(31)35)37-42-40(4,27-16-8-7-9-17-27)38-41(5,43-37)33-21-12-13-22-34(33)44-38/h7-16,18-25,27-28,32,38H,6,17H2,1-5H3,(H,42,43). The molecule has 0 saturated carbocycles. The highest BCUT2D eigenvalue weighted by Crippen LogP contribution is 2.60. The molecule has 4 heteroatoms. The second-order valence-electron chi connectivity index (χ2n) is 13.9. The van der Waals surface area contributed by atoms with Crippen LogP contribution < -0.4 is 5.32 Å². The third-order valence-corrected chi connectivity index (χ3v) is 14.4. The fraction of sp³-hybridized carbons (Fsp3) is 0.341. The second kappa shape index (κ2) is 10.7. The zero-order valence-corrected chi connectivity index (χ0v) is 28.5. The number of hydrogen-bond donors (Lipinski definition) is 1. The van der Waals surface area contributed by atoms with Gasteiger partial charge < -0.3 is 5.32 Å². The number of allylic oxidation sites excluding steroid dienone is 6. The normalized spacial score (nSPS) is 32.7. The number of nitrogens with zero attached hydrogens (tertiary/aromatic N) is 1. The molecule has 0 radical (unpaired) electrons. The summed E-state index contributed by atoms with van der Waals surface area (Å²) in [5.74, 6) is 2.07. The monoisotopic (exact) mass is 626 g/mol. The molecule has 1 N–H and O–H groups in total. The Morgan fingerprint density at radius 2 is 1.73 bits per heavy atom. The number of rotatable bonds is 5. The van der Waals surface area contributed by atoms with Gasteiger partial charge in [-0.25, -0.2) is 0 Å². The quantitative estimate of drug-likeness (QED) is 0.305. The maximum absolute atomic E-state index is 5.77. The topological polar surface area (TPSA) is 24.4 Å². The zero-order valence-electron chi connectivity index (χ0n) is 26.9. The van der Waals surface area contributed by atoms with E-state index in [4.69, 9.17) is 4.99 Å². The molecule has 3 aliphatic heterocycles. The van der Waals surface area contributed by atoms with Crippen molar-refractivity contribution < 1.29 is 0 Å². The first-order chi connectivity index (χ1) is 21.8. The van der Waals surface area contributed by atoms with E-state index < -0.39 is 0 Å². The van der Waals surface area contributed by atoms with Gasteiger partial charge in [0.2, 0.25) is 0 Å². The third kappa shape index (κ3) is 4.35. The van der Waals surface area contributed by atoms with Crippen LogP contribution in [0.1, 0.15) is 74.6 Å². The summed E-state index contributed by atoms with van der Waals surface area (Å²) in [6.07, 6.45) is 20.4. The molecule has 0 amide bonds. The van der Waals surface area contributed by atoms with Crippen LogP contribution in [0.2, 0.25) is 0 Å². The minimum absolute atomic E-state index is 0.0502. The molecule has 2 aliphatic carbocycles. The summed E-state index contributed by atoms with van der Waals surface area (Å²) in [6.45, 7) is 11.9. The number of fused-ring (bicyclic) bond motifs is 6. The van der Waals surface area contributed by atoms with Crippen molar-refractivity contribution in [2.45, 2.75) is 90.2 Å². The van der Waals surface area contributed by atoms with Crippen LogP contribution in [0.5, 0.6) is 0 Å². The second-order valence-corrected chi connectivity index (χ2v) is 16.6. The van der Waals surface area contributed by atoms with E-state index in [1.807, 2.05) is 23.5 Å². The van der Waals surface area contributed by atoms with Crippen LogP contribution in [-0.4, -0.2) is 21.4 Å². The van der Waals surface area contributed by atoms with E-state index in [1.54, 1.807) is 0 Å². The zero-order chi connectivity index (χ0) is 31.0. The Hall–Kier alpha value is -3.21. The summed E-state index contributed by atoms with van der Waals surface area (Å²) in [5, 5.41) is 4.49. The van der Waals surface area contributed by atoms with Gasteiger partial charge in [0.05, 0.1) is 10.8 Å². The highest BCUT2D eigenvalue weighted by Gasteiger charge is 2.58. The van der Waals surface area contributed by atoms with Gasteiger partial charge in [0, 0.05) is 32.3 Å². The van der Waals surface area contributed by atoms with E-state index in [2.05, 4.69) is 149 Å². The van der Waals surface area contributed by atoms with Gasteiger partial charge in [-0.3, -0.25) is 4.99 Å². The first-order valence-electron chi connectivity index (χ1n) is 16.5. The minimum atomic E-state index is -0.309. The summed E-state index contributed by atoms with van der Waals surface area (Å²) in [5.41, 5.74) is 7.81. The van der Waals surface area contributed by atoms with E-state index in [-0.39, 0.29) is 21.7 Å². The largest absolute Gasteiger partial charge is 0.366 e. The van der Waals surface area contributed by atoms with Gasteiger partial charge in [0.25, 0.3) is 0 Å². The predicted octanol–water partition coefficient (Wildman–Crippen LogP) is 10.5. The molecular formula is C41H42N2S2. The lowest BCUT2D eigenvalue weighted by molar-refractivity contribution is 0.225. The van der Waals surface area contributed by atoms with Crippen molar-refractivity contribution in [3.63, 3.8) is 0 Å². The van der Waals surface area contributed by atoms with Crippen molar-refractivity contribution in [3.05, 3.63) is 132 Å². The number of aliphatic imine (C=N–C) groups is 1. The molecule has 0 fully saturated rings. The van der Waals surface area contributed by atoms with Gasteiger partial charge in [-0.2, -0.15) is 0 Å². The molecule has 0 spiro atoms. The van der Waals surface area contributed by atoms with E-state index >= 15 is 0 Å². The number of aryl methyl sites for hydroxylation is 1. The lowest BCUT2D eigenvalue weighted by Gasteiger charge is -2.52. The van der Waals surface area contributed by atoms with Crippen molar-refractivity contribution in [1.29, 1.82) is 0 Å². The summed E-state index contributed by atoms with van der Waals surface area (Å²) < 4.78 is 0.0502. The Balaban J connectivity index is 1.28. The maximum Gasteiger partial charge on any atom is 0.105 e. The molecule has 228 valence electrons. The maximum atomic E-state index is 5.77. The highest BCUT2D eigenvalue weighted by molar-refractivity contribution is 8.01. The summed E-state index contributed by atoms with van der Waals surface area (Å²) >= 11 is 4.06. The molecule has 0 aromatic heterocycles. The lowest BCUT2D eigenvalue weighted by Crippen LogP contribution is -2.66. The molecule has 8 rings (SSSR count). The molecule has 3 heterocycles. The molecule has 3 aromatic carbocycles. The van der Waals surface area contributed by atoms with Crippen LogP contribution in [0.4, 0.5) is 0 Å². The number of hydrogen-bond acceptors (Lipinski definition) is 4. The molecule has 0 bridgehead atoms. The van der Waals surface area contributed by atoms with Gasteiger partial charge in [0.15, 0.2) is 0 Å². The Labute approximate surface area is 277 Å². The van der Waals surface area contributed by atoms with Crippen LogP contribution in [0.3, 0.4) is 0 Å². The Kier molecular flexibility index (Phi) is 6.93. The predicted molar refractivity (Wildman–Crippen MR) is 194 cm³/mol. The van der Waals surface area contributed by atoms with Crippen molar-refractivity contribution in [2.75, 3.05) is 0 Å². The minimum Gasteiger partial charge on any atom is -0.366 e. The van der Waals surface area contributed by atoms with Crippen LogP contribution >= 0.6 is 23.5 Å². The lowest BCUT2D eigenvalue weighted by atomic mass is 9.69. The first-order valence-corrected chi connectivity index (χ1v) is 18.2. The van der Waals surface area contributed by atoms with E-state index in [9.17, 15) is 0 Å². The van der Waals surface area contributed by atoms with Crippen molar-refractivity contribution in [1.82, 2.24) is 5.32 Å². The fourth-order valence-corrected chi connectivity index (χ4v) is 12.0. The third-order valence-electron chi connectivity index (χ3n) is 11.1. The van der Waals surface area contributed by atoms with E-state index in [0.29, 0.717) is 17.1 Å². The molecule has 3 aromatic rings. The van der Waals surface area contributed by atoms with Crippen LogP contribution in [-0.2, 0) is 5.54 Å².